The fraction of sp³-hybridized carbons (Fsp3) is 0.235. The van der Waals surface area contributed by atoms with Gasteiger partial charge in [-0.2, -0.15) is 0 Å². The number of nitrogens with one attached hydrogen (secondary N) is 1. The first kappa shape index (κ1) is 14.1. The molecule has 2 aromatic rings. The van der Waals surface area contributed by atoms with Gasteiger partial charge in [0.1, 0.15) is 0 Å². The van der Waals surface area contributed by atoms with Gasteiger partial charge in [-0.1, -0.05) is 30.3 Å². The van der Waals surface area contributed by atoms with Gasteiger partial charge in [0.15, 0.2) is 0 Å². The first-order valence-corrected chi connectivity index (χ1v) is 6.69. The lowest BCUT2D eigenvalue weighted by atomic mass is 10.1. The molecule has 104 valence electrons. The van der Waals surface area contributed by atoms with Crippen molar-refractivity contribution in [2.24, 2.45) is 0 Å². The number of anilines is 2. The van der Waals surface area contributed by atoms with Crippen molar-refractivity contribution in [2.45, 2.75) is 13.8 Å². The number of carbonyl (C=O) groups excluding carboxylic acids is 1. The molecule has 1 N–H and O–H groups in total. The third-order valence-corrected chi connectivity index (χ3v) is 3.21. The first-order valence-electron chi connectivity index (χ1n) is 6.69. The van der Waals surface area contributed by atoms with Gasteiger partial charge in [0, 0.05) is 18.4 Å². The number of amides is 1. The van der Waals surface area contributed by atoms with Crippen molar-refractivity contribution >= 4 is 17.3 Å². The summed E-state index contributed by atoms with van der Waals surface area (Å²) in [4.78, 5) is 14.0. The Labute approximate surface area is 120 Å². The normalized spacial score (nSPS) is 10.2. The van der Waals surface area contributed by atoms with Gasteiger partial charge in [0.2, 0.25) is 5.91 Å². The van der Waals surface area contributed by atoms with Crippen molar-refractivity contribution in [1.29, 1.82) is 0 Å². The molecule has 2 rings (SSSR count). The summed E-state index contributed by atoms with van der Waals surface area (Å²) < 4.78 is 0. The Morgan fingerprint density at radius 3 is 2.50 bits per heavy atom. The van der Waals surface area contributed by atoms with Crippen molar-refractivity contribution in [3.63, 3.8) is 0 Å². The first-order chi connectivity index (χ1) is 9.56. The topological polar surface area (TPSA) is 32.3 Å². The quantitative estimate of drug-likeness (QED) is 0.922. The molecule has 0 atom stereocenters. The van der Waals surface area contributed by atoms with Gasteiger partial charge >= 0.3 is 0 Å². The van der Waals surface area contributed by atoms with Crippen LogP contribution in [0.2, 0.25) is 0 Å². The van der Waals surface area contributed by atoms with E-state index in [9.17, 15) is 4.79 Å². The summed E-state index contributed by atoms with van der Waals surface area (Å²) in [6, 6.07) is 15.8. The number of hydrogen-bond donors (Lipinski definition) is 1. The molecule has 0 aliphatic carbocycles. The van der Waals surface area contributed by atoms with Crippen LogP contribution in [0.25, 0.3) is 0 Å². The second-order valence-corrected chi connectivity index (χ2v) is 5.06. The second-order valence-electron chi connectivity index (χ2n) is 5.06. The molecule has 0 heterocycles. The summed E-state index contributed by atoms with van der Waals surface area (Å²) in [6.45, 7) is 4.44. The molecule has 0 aliphatic heterocycles. The largest absolute Gasteiger partial charge is 0.365 e. The van der Waals surface area contributed by atoms with Crippen LogP contribution in [0, 0.1) is 13.8 Å². The van der Waals surface area contributed by atoms with Crippen LogP contribution in [-0.2, 0) is 4.79 Å². The molecule has 0 radical (unpaired) electrons. The van der Waals surface area contributed by atoms with Crippen molar-refractivity contribution in [3.05, 3.63) is 59.7 Å². The van der Waals surface area contributed by atoms with E-state index in [0.717, 1.165) is 11.4 Å². The number of carbonyl (C=O) groups is 1. The molecular formula is C17H20N2O. The average molecular weight is 268 g/mol. The van der Waals surface area contributed by atoms with E-state index >= 15 is 0 Å². The Hall–Kier alpha value is -2.29. The van der Waals surface area contributed by atoms with Crippen LogP contribution in [0.3, 0.4) is 0 Å². The molecule has 20 heavy (non-hydrogen) atoms. The van der Waals surface area contributed by atoms with Crippen molar-refractivity contribution in [3.8, 4) is 0 Å². The second kappa shape index (κ2) is 6.24. The van der Waals surface area contributed by atoms with Gasteiger partial charge in [-0.25, -0.2) is 0 Å². The van der Waals surface area contributed by atoms with Gasteiger partial charge in [-0.15, -0.1) is 0 Å². The van der Waals surface area contributed by atoms with Gasteiger partial charge in [-0.05, 0) is 43.2 Å². The van der Waals surface area contributed by atoms with E-state index in [2.05, 4.69) is 37.4 Å². The maximum atomic E-state index is 12.0. The minimum atomic E-state index is -0.0143. The lowest BCUT2D eigenvalue weighted by Gasteiger charge is -2.21. The zero-order valence-corrected chi connectivity index (χ0v) is 12.2. The molecule has 0 aromatic heterocycles. The summed E-state index contributed by atoms with van der Waals surface area (Å²) >= 11 is 0. The van der Waals surface area contributed by atoms with Crippen molar-refractivity contribution < 1.29 is 4.79 Å². The summed E-state index contributed by atoms with van der Waals surface area (Å²) in [5.41, 5.74) is 4.28. The number of aryl methyl sites for hydroxylation is 2. The molecular weight excluding hydrogens is 248 g/mol. The minimum absolute atomic E-state index is 0.0143. The molecule has 1 amide bonds. The fourth-order valence-electron chi connectivity index (χ4n) is 2.15. The lowest BCUT2D eigenvalue weighted by molar-refractivity contribution is -0.114. The number of likely N-dealkylation sites (N-methyl/N-ethyl adjacent to an activating group) is 1. The molecule has 0 saturated carbocycles. The smallest absolute Gasteiger partial charge is 0.243 e. The molecule has 0 unspecified atom stereocenters. The molecule has 0 fully saturated rings. The predicted molar refractivity (Wildman–Crippen MR) is 84.3 cm³/mol. The van der Waals surface area contributed by atoms with Gasteiger partial charge in [0.05, 0.1) is 6.54 Å². The molecule has 2 aromatic carbocycles. The van der Waals surface area contributed by atoms with E-state index in [-0.39, 0.29) is 5.91 Å². The molecule has 0 aliphatic rings. The summed E-state index contributed by atoms with van der Waals surface area (Å²) in [5, 5.41) is 2.90. The maximum Gasteiger partial charge on any atom is 0.243 e. The Bertz CT molecular complexity index is 593. The Balaban J connectivity index is 2.02. The van der Waals surface area contributed by atoms with Crippen LogP contribution < -0.4 is 10.2 Å². The molecule has 3 nitrogen and oxygen atoms in total. The SMILES string of the molecule is Cc1ccc(C)c(N(C)CC(=O)Nc2ccccc2)c1. The zero-order chi connectivity index (χ0) is 14.5. The fourth-order valence-corrected chi connectivity index (χ4v) is 2.15. The third-order valence-electron chi connectivity index (χ3n) is 3.21. The van der Waals surface area contributed by atoms with Crippen LogP contribution in [0.4, 0.5) is 11.4 Å². The molecule has 0 saturated heterocycles. The number of benzene rings is 2. The number of rotatable bonds is 4. The average Bonchev–Trinajstić information content (AvgIpc) is 2.42. The van der Waals surface area contributed by atoms with Crippen molar-refractivity contribution in [2.75, 3.05) is 23.8 Å². The number of para-hydroxylation sites is 1. The van der Waals surface area contributed by atoms with Crippen LogP contribution >= 0.6 is 0 Å². The Morgan fingerprint density at radius 2 is 1.80 bits per heavy atom. The van der Waals surface area contributed by atoms with E-state index in [1.807, 2.05) is 42.3 Å². The standard InChI is InChI=1S/C17H20N2O/c1-13-9-10-14(2)16(11-13)19(3)12-17(20)18-15-7-5-4-6-8-15/h4-11H,12H2,1-3H3,(H,18,20). The van der Waals surface area contributed by atoms with Crippen LogP contribution in [0.5, 0.6) is 0 Å². The monoisotopic (exact) mass is 268 g/mol. The Morgan fingerprint density at radius 1 is 1.10 bits per heavy atom. The van der Waals surface area contributed by atoms with E-state index in [1.54, 1.807) is 0 Å². The van der Waals surface area contributed by atoms with E-state index in [0.29, 0.717) is 6.54 Å². The highest BCUT2D eigenvalue weighted by molar-refractivity contribution is 5.94. The zero-order valence-electron chi connectivity index (χ0n) is 12.2. The number of hydrogen-bond acceptors (Lipinski definition) is 2. The van der Waals surface area contributed by atoms with E-state index < -0.39 is 0 Å². The lowest BCUT2D eigenvalue weighted by Crippen LogP contribution is -2.30. The maximum absolute atomic E-state index is 12.0. The highest BCUT2D eigenvalue weighted by atomic mass is 16.2. The molecule has 0 spiro atoms. The highest BCUT2D eigenvalue weighted by Gasteiger charge is 2.10. The summed E-state index contributed by atoms with van der Waals surface area (Å²) in [6.07, 6.45) is 0. The van der Waals surface area contributed by atoms with Crippen molar-refractivity contribution in [1.82, 2.24) is 0 Å². The summed E-state index contributed by atoms with van der Waals surface area (Å²) in [7, 11) is 1.94. The highest BCUT2D eigenvalue weighted by Crippen LogP contribution is 2.20. The summed E-state index contributed by atoms with van der Waals surface area (Å²) in [5.74, 6) is -0.0143. The van der Waals surface area contributed by atoms with Gasteiger partial charge in [-0.3, -0.25) is 4.79 Å². The van der Waals surface area contributed by atoms with Crippen LogP contribution in [0.1, 0.15) is 11.1 Å². The predicted octanol–water partition coefficient (Wildman–Crippen LogP) is 3.38. The van der Waals surface area contributed by atoms with Crippen LogP contribution in [-0.4, -0.2) is 19.5 Å². The number of nitrogens with zero attached hydrogens (tertiary/aromatic N) is 1. The van der Waals surface area contributed by atoms with Gasteiger partial charge in [0.25, 0.3) is 0 Å². The van der Waals surface area contributed by atoms with E-state index in [4.69, 9.17) is 0 Å². The molecule has 3 heteroatoms. The van der Waals surface area contributed by atoms with Crippen LogP contribution in [0.15, 0.2) is 48.5 Å². The Kier molecular flexibility index (Phi) is 4.41. The van der Waals surface area contributed by atoms with E-state index in [1.165, 1.54) is 11.1 Å². The molecule has 0 bridgehead atoms. The minimum Gasteiger partial charge on any atom is -0.365 e. The third kappa shape index (κ3) is 3.60. The van der Waals surface area contributed by atoms with Gasteiger partial charge < -0.3 is 10.2 Å².